The van der Waals surface area contributed by atoms with Gasteiger partial charge in [0.05, 0.1) is 23.0 Å². The van der Waals surface area contributed by atoms with Gasteiger partial charge in [0.25, 0.3) is 6.43 Å². The van der Waals surface area contributed by atoms with Crippen molar-refractivity contribution in [1.29, 1.82) is 5.41 Å². The molecule has 0 bridgehead atoms. The lowest BCUT2D eigenvalue weighted by molar-refractivity contribution is 0.123. The van der Waals surface area contributed by atoms with Crippen LogP contribution in [0.2, 0.25) is 0 Å². The highest BCUT2D eigenvalue weighted by Gasteiger charge is 2.18. The number of anilines is 1. The SMILES string of the molecule is C#C/C(=C/C(F)=C(\C)NC(C)C(C)NC(=C)CC(C)(C)C)C(=N)Nc1cccc2c1cnn2CC(F)F. The van der Waals surface area contributed by atoms with Crippen LogP contribution < -0.4 is 16.0 Å². The molecule has 0 saturated carbocycles. The topological polar surface area (TPSA) is 77.8 Å². The lowest BCUT2D eigenvalue weighted by Crippen LogP contribution is -2.43. The summed E-state index contributed by atoms with van der Waals surface area (Å²) in [5, 5.41) is 22.3. The zero-order valence-electron chi connectivity index (χ0n) is 22.3. The van der Waals surface area contributed by atoms with Crippen molar-refractivity contribution in [2.45, 2.75) is 73.0 Å². The van der Waals surface area contributed by atoms with Gasteiger partial charge in [0.2, 0.25) is 0 Å². The lowest BCUT2D eigenvalue weighted by Gasteiger charge is -2.28. The smallest absolute Gasteiger partial charge is 0.257 e. The van der Waals surface area contributed by atoms with Crippen molar-refractivity contribution in [2.24, 2.45) is 5.41 Å². The first-order chi connectivity index (χ1) is 17.2. The number of hydrogen-bond donors (Lipinski definition) is 4. The van der Waals surface area contributed by atoms with Crippen molar-refractivity contribution in [3.63, 3.8) is 0 Å². The monoisotopic (exact) mass is 514 g/mol. The fourth-order valence-corrected chi connectivity index (χ4v) is 3.79. The first-order valence-electron chi connectivity index (χ1n) is 12.1. The van der Waals surface area contributed by atoms with E-state index in [2.05, 4.69) is 54.3 Å². The summed E-state index contributed by atoms with van der Waals surface area (Å²) in [6.45, 7) is 15.5. The highest BCUT2D eigenvalue weighted by molar-refractivity contribution is 6.12. The molecule has 2 atom stereocenters. The van der Waals surface area contributed by atoms with Gasteiger partial charge in [0.1, 0.15) is 18.2 Å². The minimum Gasteiger partial charge on any atom is -0.384 e. The molecule has 200 valence electrons. The molecule has 6 nitrogen and oxygen atoms in total. The van der Waals surface area contributed by atoms with Crippen molar-refractivity contribution in [3.8, 4) is 12.3 Å². The molecule has 0 radical (unpaired) electrons. The molecule has 2 rings (SSSR count). The van der Waals surface area contributed by atoms with E-state index >= 15 is 4.39 Å². The van der Waals surface area contributed by atoms with Gasteiger partial charge in [-0.1, -0.05) is 39.3 Å². The quantitative estimate of drug-likeness (QED) is 0.122. The fraction of sp³-hybridized carbons (Fsp3) is 0.429. The zero-order valence-corrected chi connectivity index (χ0v) is 22.3. The van der Waals surface area contributed by atoms with E-state index in [9.17, 15) is 8.78 Å². The van der Waals surface area contributed by atoms with E-state index in [1.165, 1.54) is 10.9 Å². The summed E-state index contributed by atoms with van der Waals surface area (Å²) in [5.41, 5.74) is 2.23. The van der Waals surface area contributed by atoms with E-state index in [4.69, 9.17) is 11.8 Å². The van der Waals surface area contributed by atoms with Gasteiger partial charge in [0, 0.05) is 28.9 Å². The number of hydrogen-bond acceptors (Lipinski definition) is 4. The number of aromatic nitrogens is 2. The Morgan fingerprint density at radius 1 is 1.24 bits per heavy atom. The van der Waals surface area contributed by atoms with Gasteiger partial charge in [-0.15, -0.1) is 6.42 Å². The Hall–Kier alpha value is -3.67. The largest absolute Gasteiger partial charge is 0.384 e. The maximum Gasteiger partial charge on any atom is 0.257 e. The third kappa shape index (κ3) is 8.74. The summed E-state index contributed by atoms with van der Waals surface area (Å²) in [4.78, 5) is 0. The van der Waals surface area contributed by atoms with Crippen molar-refractivity contribution in [1.82, 2.24) is 20.4 Å². The van der Waals surface area contributed by atoms with Gasteiger partial charge in [0.15, 0.2) is 0 Å². The average molecular weight is 515 g/mol. The summed E-state index contributed by atoms with van der Waals surface area (Å²) in [6.07, 6.45) is 6.39. The maximum atomic E-state index is 15.0. The Labute approximate surface area is 217 Å². The average Bonchev–Trinajstić information content (AvgIpc) is 3.18. The molecule has 1 aromatic heterocycles. The predicted octanol–water partition coefficient (Wildman–Crippen LogP) is 6.36. The van der Waals surface area contributed by atoms with Crippen molar-refractivity contribution < 1.29 is 13.2 Å². The normalized spacial score (nSPS) is 14.6. The number of allylic oxidation sites excluding steroid dienone is 4. The van der Waals surface area contributed by atoms with Crippen LogP contribution in [-0.2, 0) is 6.54 Å². The molecule has 0 aliphatic carbocycles. The van der Waals surface area contributed by atoms with E-state index in [1.807, 2.05) is 13.8 Å². The summed E-state index contributed by atoms with van der Waals surface area (Å²) in [6, 6.07) is 4.85. The van der Waals surface area contributed by atoms with E-state index in [-0.39, 0.29) is 34.6 Å². The lowest BCUT2D eigenvalue weighted by atomic mass is 9.90. The number of fused-ring (bicyclic) bond motifs is 1. The molecule has 0 saturated heterocycles. The summed E-state index contributed by atoms with van der Waals surface area (Å²) in [5.74, 6) is 1.53. The molecule has 0 aliphatic rings. The Morgan fingerprint density at radius 2 is 1.89 bits per heavy atom. The number of nitrogens with one attached hydrogen (secondary N) is 4. The van der Waals surface area contributed by atoms with Gasteiger partial charge in [-0.2, -0.15) is 5.10 Å². The third-order valence-corrected chi connectivity index (χ3v) is 5.68. The van der Waals surface area contributed by atoms with Crippen molar-refractivity contribution >= 4 is 22.4 Å². The first-order valence-corrected chi connectivity index (χ1v) is 12.1. The van der Waals surface area contributed by atoms with E-state index in [1.54, 1.807) is 25.1 Å². The second-order valence-electron chi connectivity index (χ2n) is 10.3. The molecule has 1 heterocycles. The third-order valence-electron chi connectivity index (χ3n) is 5.68. The molecule has 9 heteroatoms. The van der Waals surface area contributed by atoms with Crippen molar-refractivity contribution in [2.75, 3.05) is 5.32 Å². The van der Waals surface area contributed by atoms with Crippen LogP contribution in [0.4, 0.5) is 18.9 Å². The summed E-state index contributed by atoms with van der Waals surface area (Å²) in [7, 11) is 0. The van der Waals surface area contributed by atoms with Crippen LogP contribution in [0.3, 0.4) is 0 Å². The zero-order chi connectivity index (χ0) is 27.9. The van der Waals surface area contributed by atoms with E-state index < -0.39 is 18.8 Å². The summed E-state index contributed by atoms with van der Waals surface area (Å²) < 4.78 is 41.9. The van der Waals surface area contributed by atoms with Crippen LogP contribution >= 0.6 is 0 Å². The van der Waals surface area contributed by atoms with Crippen LogP contribution in [-0.4, -0.2) is 34.1 Å². The van der Waals surface area contributed by atoms with Crippen LogP contribution in [0.1, 0.15) is 48.0 Å². The molecule has 0 fully saturated rings. The van der Waals surface area contributed by atoms with Gasteiger partial charge in [-0.25, -0.2) is 13.2 Å². The second-order valence-corrected chi connectivity index (χ2v) is 10.3. The Kier molecular flexibility index (Phi) is 10.0. The van der Waals surface area contributed by atoms with Crippen LogP contribution in [0.15, 0.2) is 59.8 Å². The number of rotatable bonds is 11. The van der Waals surface area contributed by atoms with Crippen LogP contribution in [0.5, 0.6) is 0 Å². The van der Waals surface area contributed by atoms with Gasteiger partial charge in [-0.3, -0.25) is 10.1 Å². The standard InChI is InChI=1S/C28H37F3N6/c1-9-21(13-23(29)20(5)35-19(4)18(3)34-17(2)14-28(6,7)8)27(32)36-24-11-10-12-25-22(24)15-33-37(25)16-26(30)31/h1,10-13,15,18-19,26,34-35H,2,14,16H2,3-8H3,(H2,32,36)/b21-13-,23-20-. The minimum absolute atomic E-state index is 0.00648. The molecule has 2 aromatic rings. The molecule has 0 amide bonds. The number of amidine groups is 1. The Balaban J connectivity index is 2.13. The molecule has 37 heavy (non-hydrogen) atoms. The van der Waals surface area contributed by atoms with Gasteiger partial charge < -0.3 is 16.0 Å². The molecule has 1 aromatic carbocycles. The molecular weight excluding hydrogens is 477 g/mol. The van der Waals surface area contributed by atoms with E-state index in [0.29, 0.717) is 16.6 Å². The maximum absolute atomic E-state index is 15.0. The Bertz CT molecular complexity index is 1230. The Morgan fingerprint density at radius 3 is 2.49 bits per heavy atom. The van der Waals surface area contributed by atoms with Crippen LogP contribution in [0, 0.1) is 23.2 Å². The molecule has 4 N–H and O–H groups in total. The first kappa shape index (κ1) is 29.6. The minimum atomic E-state index is -2.55. The molecular formula is C28H37F3N6. The molecule has 0 spiro atoms. The van der Waals surface area contributed by atoms with Gasteiger partial charge >= 0.3 is 0 Å². The van der Waals surface area contributed by atoms with E-state index in [0.717, 1.165) is 18.2 Å². The van der Waals surface area contributed by atoms with Crippen molar-refractivity contribution in [3.05, 3.63) is 59.8 Å². The summed E-state index contributed by atoms with van der Waals surface area (Å²) >= 11 is 0. The van der Waals surface area contributed by atoms with Crippen LogP contribution in [0.25, 0.3) is 10.9 Å². The second kappa shape index (κ2) is 12.5. The van der Waals surface area contributed by atoms with Gasteiger partial charge in [-0.05, 0) is 50.8 Å². The number of halogens is 3. The number of benzene rings is 1. The number of nitrogens with zero attached hydrogens (tertiary/aromatic N) is 2. The fourth-order valence-electron chi connectivity index (χ4n) is 3.79. The number of terminal acetylenes is 1. The molecule has 2 unspecified atom stereocenters. The highest BCUT2D eigenvalue weighted by Crippen LogP contribution is 2.25. The highest BCUT2D eigenvalue weighted by atomic mass is 19.3. The predicted molar refractivity (Wildman–Crippen MR) is 146 cm³/mol. The molecule has 0 aliphatic heterocycles. The number of alkyl halides is 2.